The van der Waals surface area contributed by atoms with Crippen molar-refractivity contribution in [2.75, 3.05) is 6.54 Å². The fourth-order valence-electron chi connectivity index (χ4n) is 3.32. The van der Waals surface area contributed by atoms with Gasteiger partial charge in [0, 0.05) is 4.88 Å². The number of thiophene rings is 1. The molecular formula is C24H21FN2O2S. The Kier molecular flexibility index (Phi) is 6.37. The SMILES string of the molecule is O=C(CN[C@@H](c1ccccc1)c1ccco1)N[C@@H](c1ccc(F)cc1)c1cccs1. The lowest BCUT2D eigenvalue weighted by atomic mass is 10.0. The molecule has 0 saturated carbocycles. The van der Waals surface area contributed by atoms with Crippen LogP contribution >= 0.6 is 11.3 Å². The van der Waals surface area contributed by atoms with Gasteiger partial charge in [-0.1, -0.05) is 48.5 Å². The van der Waals surface area contributed by atoms with Crippen molar-refractivity contribution in [2.45, 2.75) is 12.1 Å². The van der Waals surface area contributed by atoms with Crippen LogP contribution in [0, 0.1) is 5.82 Å². The Morgan fingerprint density at radius 2 is 1.67 bits per heavy atom. The second-order valence-electron chi connectivity index (χ2n) is 6.81. The van der Waals surface area contributed by atoms with Crippen LogP contribution in [0.4, 0.5) is 4.39 Å². The van der Waals surface area contributed by atoms with E-state index >= 15 is 0 Å². The number of carbonyl (C=O) groups excluding carboxylic acids is 1. The number of carbonyl (C=O) groups is 1. The van der Waals surface area contributed by atoms with E-state index in [2.05, 4.69) is 10.6 Å². The second kappa shape index (κ2) is 9.52. The molecule has 2 aromatic carbocycles. The largest absolute Gasteiger partial charge is 0.467 e. The van der Waals surface area contributed by atoms with Crippen molar-refractivity contribution in [3.05, 3.63) is 118 Å². The van der Waals surface area contributed by atoms with Crippen LogP contribution in [0.3, 0.4) is 0 Å². The third-order valence-corrected chi connectivity index (χ3v) is 5.70. The maximum Gasteiger partial charge on any atom is 0.234 e. The summed E-state index contributed by atoms with van der Waals surface area (Å²) in [4.78, 5) is 13.8. The minimum Gasteiger partial charge on any atom is -0.467 e. The first kappa shape index (κ1) is 20.1. The summed E-state index contributed by atoms with van der Waals surface area (Å²) in [5, 5.41) is 8.31. The van der Waals surface area contributed by atoms with E-state index in [9.17, 15) is 9.18 Å². The van der Waals surface area contributed by atoms with Crippen LogP contribution in [0.2, 0.25) is 0 Å². The zero-order chi connectivity index (χ0) is 20.8. The maximum atomic E-state index is 13.4. The Morgan fingerprint density at radius 3 is 2.33 bits per heavy atom. The van der Waals surface area contributed by atoms with Gasteiger partial charge < -0.3 is 9.73 Å². The Hall–Kier alpha value is -3.22. The summed E-state index contributed by atoms with van der Waals surface area (Å²) in [5.41, 5.74) is 1.84. The van der Waals surface area contributed by atoms with Gasteiger partial charge in [-0.25, -0.2) is 4.39 Å². The Bertz CT molecular complexity index is 1050. The van der Waals surface area contributed by atoms with E-state index in [-0.39, 0.29) is 30.4 Å². The molecule has 1 amide bonds. The number of halogens is 1. The molecule has 2 heterocycles. The summed E-state index contributed by atoms with van der Waals surface area (Å²) < 4.78 is 18.9. The predicted octanol–water partition coefficient (Wildman–Crippen LogP) is 5.07. The van der Waals surface area contributed by atoms with E-state index in [0.29, 0.717) is 0 Å². The molecule has 152 valence electrons. The first-order valence-corrected chi connectivity index (χ1v) is 10.5. The van der Waals surface area contributed by atoms with Gasteiger partial charge in [-0.2, -0.15) is 0 Å². The quantitative estimate of drug-likeness (QED) is 0.419. The first-order chi connectivity index (χ1) is 14.7. The summed E-state index contributed by atoms with van der Waals surface area (Å²) in [6.45, 7) is 0.101. The summed E-state index contributed by atoms with van der Waals surface area (Å²) in [6, 6.07) is 23.1. The van der Waals surface area contributed by atoms with Crippen molar-refractivity contribution in [2.24, 2.45) is 0 Å². The Balaban J connectivity index is 1.48. The Labute approximate surface area is 178 Å². The smallest absolute Gasteiger partial charge is 0.234 e. The third-order valence-electron chi connectivity index (χ3n) is 4.76. The van der Waals surface area contributed by atoms with Crippen LogP contribution in [0.25, 0.3) is 0 Å². The van der Waals surface area contributed by atoms with Crippen molar-refractivity contribution < 1.29 is 13.6 Å². The second-order valence-corrected chi connectivity index (χ2v) is 7.79. The fourth-order valence-corrected chi connectivity index (χ4v) is 4.12. The van der Waals surface area contributed by atoms with E-state index in [1.54, 1.807) is 29.7 Å². The van der Waals surface area contributed by atoms with Crippen molar-refractivity contribution in [1.82, 2.24) is 10.6 Å². The monoisotopic (exact) mass is 420 g/mol. The molecule has 0 unspecified atom stereocenters. The zero-order valence-corrected chi connectivity index (χ0v) is 16.9. The van der Waals surface area contributed by atoms with Crippen LogP contribution in [-0.2, 0) is 4.79 Å². The highest BCUT2D eigenvalue weighted by atomic mass is 32.1. The van der Waals surface area contributed by atoms with Crippen molar-refractivity contribution in [1.29, 1.82) is 0 Å². The van der Waals surface area contributed by atoms with E-state index < -0.39 is 0 Å². The van der Waals surface area contributed by atoms with Crippen LogP contribution in [0.15, 0.2) is 94.9 Å². The van der Waals surface area contributed by atoms with Gasteiger partial charge >= 0.3 is 0 Å². The normalized spacial score (nSPS) is 13.0. The van der Waals surface area contributed by atoms with Gasteiger partial charge in [-0.05, 0) is 46.8 Å². The molecule has 4 nitrogen and oxygen atoms in total. The highest BCUT2D eigenvalue weighted by Crippen LogP contribution is 2.26. The highest BCUT2D eigenvalue weighted by Gasteiger charge is 2.21. The van der Waals surface area contributed by atoms with Gasteiger partial charge in [-0.15, -0.1) is 11.3 Å². The average molecular weight is 421 g/mol. The maximum absolute atomic E-state index is 13.4. The number of rotatable bonds is 8. The van der Waals surface area contributed by atoms with Gasteiger partial charge in [-0.3, -0.25) is 10.1 Å². The Morgan fingerprint density at radius 1 is 0.900 bits per heavy atom. The van der Waals surface area contributed by atoms with Crippen LogP contribution < -0.4 is 10.6 Å². The molecule has 30 heavy (non-hydrogen) atoms. The minimum absolute atomic E-state index is 0.101. The molecule has 0 spiro atoms. The molecular weight excluding hydrogens is 399 g/mol. The number of hydrogen-bond donors (Lipinski definition) is 2. The lowest BCUT2D eigenvalue weighted by molar-refractivity contribution is -0.120. The first-order valence-electron chi connectivity index (χ1n) is 9.60. The lowest BCUT2D eigenvalue weighted by Crippen LogP contribution is -2.38. The molecule has 0 radical (unpaired) electrons. The van der Waals surface area contributed by atoms with Gasteiger partial charge in [0.1, 0.15) is 11.6 Å². The molecule has 0 aliphatic carbocycles. The predicted molar refractivity (Wildman–Crippen MR) is 116 cm³/mol. The molecule has 0 aliphatic heterocycles. The van der Waals surface area contributed by atoms with Crippen molar-refractivity contribution in [3.63, 3.8) is 0 Å². The molecule has 0 aliphatic rings. The third kappa shape index (κ3) is 4.84. The average Bonchev–Trinajstić information content (AvgIpc) is 3.48. The summed E-state index contributed by atoms with van der Waals surface area (Å²) in [6.07, 6.45) is 1.62. The molecule has 4 aromatic rings. The zero-order valence-electron chi connectivity index (χ0n) is 16.1. The minimum atomic E-state index is -0.335. The van der Waals surface area contributed by atoms with Gasteiger partial charge in [0.2, 0.25) is 5.91 Å². The molecule has 2 atom stereocenters. The number of benzene rings is 2. The van der Waals surface area contributed by atoms with E-state index in [1.165, 1.54) is 12.1 Å². The number of furan rings is 1. The summed E-state index contributed by atoms with van der Waals surface area (Å²) >= 11 is 1.55. The number of hydrogen-bond acceptors (Lipinski definition) is 4. The summed E-state index contributed by atoms with van der Waals surface area (Å²) in [5.74, 6) is 0.272. The van der Waals surface area contributed by atoms with Crippen LogP contribution in [-0.4, -0.2) is 12.5 Å². The van der Waals surface area contributed by atoms with Gasteiger partial charge in [0.05, 0.1) is 24.9 Å². The molecule has 0 bridgehead atoms. The van der Waals surface area contributed by atoms with Gasteiger partial charge in [0.25, 0.3) is 0 Å². The topological polar surface area (TPSA) is 54.3 Å². The van der Waals surface area contributed by atoms with E-state index in [0.717, 1.165) is 21.8 Å². The van der Waals surface area contributed by atoms with Gasteiger partial charge in [0.15, 0.2) is 0 Å². The standard InChI is InChI=1S/C24H21FN2O2S/c25-19-12-10-18(11-13-19)24(21-9-5-15-30-21)27-22(28)16-26-23(20-8-4-14-29-20)17-6-2-1-3-7-17/h1-15,23-24,26H,16H2,(H,27,28)/t23-,24-/m0/s1. The highest BCUT2D eigenvalue weighted by molar-refractivity contribution is 7.10. The molecule has 2 N–H and O–H groups in total. The van der Waals surface area contributed by atoms with E-state index in [4.69, 9.17) is 4.42 Å². The lowest BCUT2D eigenvalue weighted by Gasteiger charge is -2.20. The van der Waals surface area contributed by atoms with E-state index in [1.807, 2.05) is 60.0 Å². The molecule has 0 fully saturated rings. The molecule has 4 rings (SSSR count). The van der Waals surface area contributed by atoms with Crippen molar-refractivity contribution >= 4 is 17.2 Å². The molecule has 6 heteroatoms. The summed E-state index contributed by atoms with van der Waals surface area (Å²) in [7, 11) is 0. The van der Waals surface area contributed by atoms with Crippen LogP contribution in [0.5, 0.6) is 0 Å². The van der Waals surface area contributed by atoms with Crippen molar-refractivity contribution in [3.8, 4) is 0 Å². The van der Waals surface area contributed by atoms with Crippen LogP contribution in [0.1, 0.15) is 33.8 Å². The fraction of sp³-hybridized carbons (Fsp3) is 0.125. The molecule has 0 saturated heterocycles. The number of amides is 1. The number of nitrogens with one attached hydrogen (secondary N) is 2. The molecule has 2 aromatic heterocycles.